The lowest BCUT2D eigenvalue weighted by Gasteiger charge is -2.11. The van der Waals surface area contributed by atoms with Gasteiger partial charge in [-0.3, -0.25) is 0 Å². The second kappa shape index (κ2) is 5.65. The largest absolute Gasteiger partial charge is 0.446 e. The Labute approximate surface area is 103 Å². The highest BCUT2D eigenvalue weighted by atomic mass is 16.4. The van der Waals surface area contributed by atoms with Gasteiger partial charge >= 0.3 is 0 Å². The van der Waals surface area contributed by atoms with Crippen LogP contribution in [0.5, 0.6) is 0 Å². The molecule has 2 heterocycles. The summed E-state index contributed by atoms with van der Waals surface area (Å²) in [6.07, 6.45) is 4.83. The van der Waals surface area contributed by atoms with E-state index in [1.54, 1.807) is 0 Å². The number of nitrogens with zero attached hydrogens (tertiary/aromatic N) is 2. The summed E-state index contributed by atoms with van der Waals surface area (Å²) in [6.45, 7) is 7.75. The Balaban J connectivity index is 1.85. The third kappa shape index (κ3) is 3.54. The zero-order chi connectivity index (χ0) is 12.3. The molecule has 1 fully saturated rings. The first kappa shape index (κ1) is 12.6. The molecule has 0 aliphatic carbocycles. The molecule has 0 radical (unpaired) electrons. The van der Waals surface area contributed by atoms with Crippen molar-refractivity contribution in [2.45, 2.75) is 39.2 Å². The van der Waals surface area contributed by atoms with Crippen molar-refractivity contribution in [3.8, 4) is 0 Å². The van der Waals surface area contributed by atoms with Crippen LogP contribution in [0.15, 0.2) is 10.6 Å². The van der Waals surface area contributed by atoms with Crippen molar-refractivity contribution in [2.24, 2.45) is 11.7 Å². The Hall–Kier alpha value is -0.870. The molecule has 2 atom stereocenters. The smallest absolute Gasteiger partial charge is 0.194 e. The van der Waals surface area contributed by atoms with Crippen LogP contribution in [-0.4, -0.2) is 35.6 Å². The number of nitrogens with two attached hydrogens (primary N) is 1. The van der Waals surface area contributed by atoms with E-state index in [9.17, 15) is 0 Å². The summed E-state index contributed by atoms with van der Waals surface area (Å²) in [4.78, 5) is 6.83. The topological polar surface area (TPSA) is 55.3 Å². The third-order valence-electron chi connectivity index (χ3n) is 3.41. The Morgan fingerprint density at radius 3 is 3.12 bits per heavy atom. The van der Waals surface area contributed by atoms with Gasteiger partial charge in [-0.25, -0.2) is 4.98 Å². The van der Waals surface area contributed by atoms with Crippen molar-refractivity contribution in [1.82, 2.24) is 9.88 Å². The SMILES string of the molecule is CCN1CCC(Cc2ncc(CC(C)N)o2)C1. The maximum atomic E-state index is 5.74. The molecule has 0 aromatic carbocycles. The van der Waals surface area contributed by atoms with Gasteiger partial charge in [-0.1, -0.05) is 6.92 Å². The number of oxazole rings is 1. The maximum Gasteiger partial charge on any atom is 0.194 e. The minimum atomic E-state index is 0.137. The molecule has 4 heteroatoms. The van der Waals surface area contributed by atoms with Crippen LogP contribution in [0, 0.1) is 5.92 Å². The highest BCUT2D eigenvalue weighted by molar-refractivity contribution is 4.97. The summed E-state index contributed by atoms with van der Waals surface area (Å²) >= 11 is 0. The van der Waals surface area contributed by atoms with Gasteiger partial charge in [-0.15, -0.1) is 0 Å². The van der Waals surface area contributed by atoms with Gasteiger partial charge in [0, 0.05) is 25.4 Å². The van der Waals surface area contributed by atoms with Crippen molar-refractivity contribution in [1.29, 1.82) is 0 Å². The summed E-state index contributed by atoms with van der Waals surface area (Å²) in [5.74, 6) is 2.50. The number of hydrogen-bond acceptors (Lipinski definition) is 4. The van der Waals surface area contributed by atoms with Crippen LogP contribution >= 0.6 is 0 Å². The molecule has 1 aromatic rings. The summed E-state index contributed by atoms with van der Waals surface area (Å²) in [7, 11) is 0. The number of hydrogen-bond donors (Lipinski definition) is 1. The minimum Gasteiger partial charge on any atom is -0.446 e. The lowest BCUT2D eigenvalue weighted by atomic mass is 10.1. The molecule has 1 aliphatic heterocycles. The van der Waals surface area contributed by atoms with Crippen molar-refractivity contribution in [3.05, 3.63) is 17.8 Å². The molecule has 17 heavy (non-hydrogen) atoms. The van der Waals surface area contributed by atoms with E-state index in [4.69, 9.17) is 10.2 Å². The fraction of sp³-hybridized carbons (Fsp3) is 0.769. The first-order valence-corrected chi connectivity index (χ1v) is 6.59. The van der Waals surface area contributed by atoms with Crippen LogP contribution in [0.1, 0.15) is 31.9 Å². The molecule has 0 saturated carbocycles. The van der Waals surface area contributed by atoms with Crippen LogP contribution in [0.4, 0.5) is 0 Å². The predicted octanol–water partition coefficient (Wildman–Crippen LogP) is 1.45. The van der Waals surface area contributed by atoms with Gasteiger partial charge in [0.05, 0.1) is 6.20 Å². The maximum absolute atomic E-state index is 5.74. The van der Waals surface area contributed by atoms with Gasteiger partial charge in [0.2, 0.25) is 0 Å². The molecule has 0 spiro atoms. The van der Waals surface area contributed by atoms with E-state index in [-0.39, 0.29) is 6.04 Å². The monoisotopic (exact) mass is 237 g/mol. The molecule has 2 rings (SSSR count). The number of rotatable bonds is 5. The first-order chi connectivity index (χ1) is 8.17. The van der Waals surface area contributed by atoms with Crippen molar-refractivity contribution in [3.63, 3.8) is 0 Å². The van der Waals surface area contributed by atoms with Gasteiger partial charge in [0.25, 0.3) is 0 Å². The Bertz CT molecular complexity index is 348. The van der Waals surface area contributed by atoms with Crippen LogP contribution in [0.2, 0.25) is 0 Å². The molecule has 96 valence electrons. The van der Waals surface area contributed by atoms with Gasteiger partial charge in [0.15, 0.2) is 5.89 Å². The van der Waals surface area contributed by atoms with Crippen molar-refractivity contribution in [2.75, 3.05) is 19.6 Å². The van der Waals surface area contributed by atoms with E-state index in [0.29, 0.717) is 5.92 Å². The normalized spacial score (nSPS) is 23.1. The van der Waals surface area contributed by atoms with Crippen LogP contribution in [0.3, 0.4) is 0 Å². The lowest BCUT2D eigenvalue weighted by molar-refractivity contribution is 0.333. The molecule has 4 nitrogen and oxygen atoms in total. The van der Waals surface area contributed by atoms with Crippen LogP contribution < -0.4 is 5.73 Å². The molecule has 0 bridgehead atoms. The van der Waals surface area contributed by atoms with Gasteiger partial charge in [-0.05, 0) is 32.4 Å². The first-order valence-electron chi connectivity index (χ1n) is 6.59. The Morgan fingerprint density at radius 1 is 1.65 bits per heavy atom. The second-order valence-electron chi connectivity index (χ2n) is 5.15. The highest BCUT2D eigenvalue weighted by Gasteiger charge is 2.23. The predicted molar refractivity (Wildman–Crippen MR) is 67.8 cm³/mol. The van der Waals surface area contributed by atoms with Gasteiger partial charge in [0.1, 0.15) is 5.76 Å². The number of aromatic nitrogens is 1. The zero-order valence-electron chi connectivity index (χ0n) is 10.9. The Kier molecular flexibility index (Phi) is 4.18. The molecule has 1 aliphatic rings. The van der Waals surface area contributed by atoms with E-state index in [0.717, 1.165) is 31.0 Å². The van der Waals surface area contributed by atoms with Gasteiger partial charge < -0.3 is 15.1 Å². The molecular formula is C13H23N3O. The average Bonchev–Trinajstić information content (AvgIpc) is 2.88. The summed E-state index contributed by atoms with van der Waals surface area (Å²) in [5.41, 5.74) is 5.74. The standard InChI is InChI=1S/C13H23N3O/c1-3-16-5-4-11(9-16)7-13-15-8-12(17-13)6-10(2)14/h8,10-11H,3-7,9,14H2,1-2H3. The summed E-state index contributed by atoms with van der Waals surface area (Å²) in [5, 5.41) is 0. The zero-order valence-corrected chi connectivity index (χ0v) is 10.9. The fourth-order valence-corrected chi connectivity index (χ4v) is 2.47. The van der Waals surface area contributed by atoms with E-state index in [2.05, 4.69) is 16.8 Å². The highest BCUT2D eigenvalue weighted by Crippen LogP contribution is 2.20. The van der Waals surface area contributed by atoms with Crippen LogP contribution in [0.25, 0.3) is 0 Å². The molecule has 0 amide bonds. The molecule has 1 saturated heterocycles. The molecular weight excluding hydrogens is 214 g/mol. The van der Waals surface area contributed by atoms with Crippen molar-refractivity contribution >= 4 is 0 Å². The summed E-state index contributed by atoms with van der Waals surface area (Å²) in [6, 6.07) is 0.137. The van der Waals surface area contributed by atoms with Gasteiger partial charge in [-0.2, -0.15) is 0 Å². The third-order valence-corrected chi connectivity index (χ3v) is 3.41. The van der Waals surface area contributed by atoms with E-state index in [1.807, 2.05) is 13.1 Å². The lowest BCUT2D eigenvalue weighted by Crippen LogP contribution is -2.20. The summed E-state index contributed by atoms with van der Waals surface area (Å²) < 4.78 is 5.72. The molecule has 2 N–H and O–H groups in total. The van der Waals surface area contributed by atoms with E-state index >= 15 is 0 Å². The van der Waals surface area contributed by atoms with Crippen molar-refractivity contribution < 1.29 is 4.42 Å². The van der Waals surface area contributed by atoms with E-state index < -0.39 is 0 Å². The average molecular weight is 237 g/mol. The molecule has 2 unspecified atom stereocenters. The number of likely N-dealkylation sites (tertiary alicyclic amines) is 1. The van der Waals surface area contributed by atoms with E-state index in [1.165, 1.54) is 19.5 Å². The minimum absolute atomic E-state index is 0.137. The molecule has 1 aromatic heterocycles. The second-order valence-corrected chi connectivity index (χ2v) is 5.15. The quantitative estimate of drug-likeness (QED) is 0.842. The van der Waals surface area contributed by atoms with Crippen LogP contribution in [-0.2, 0) is 12.8 Å². The Morgan fingerprint density at radius 2 is 2.47 bits per heavy atom. The fourth-order valence-electron chi connectivity index (χ4n) is 2.47.